The van der Waals surface area contributed by atoms with E-state index in [-0.39, 0.29) is 15.8 Å². The van der Waals surface area contributed by atoms with Gasteiger partial charge in [-0.3, -0.25) is 4.79 Å². The quantitative estimate of drug-likeness (QED) is 0.749. The Morgan fingerprint density at radius 2 is 1.90 bits per heavy atom. The fourth-order valence-corrected chi connectivity index (χ4v) is 2.26. The number of carbonyl (C=O) groups excluding carboxylic acids is 1. The van der Waals surface area contributed by atoms with Crippen LogP contribution in [0.4, 0.5) is 4.39 Å². The molecule has 0 saturated heterocycles. The van der Waals surface area contributed by atoms with E-state index in [1.807, 2.05) is 6.07 Å². The Morgan fingerprint density at radius 1 is 1.25 bits per heavy atom. The summed E-state index contributed by atoms with van der Waals surface area (Å²) in [5, 5.41) is 9.74. The molecule has 2 rings (SSSR count). The molecule has 1 unspecified atom stereocenters. The number of hydrogen-bond donors (Lipinski definition) is 0. The summed E-state index contributed by atoms with van der Waals surface area (Å²) >= 11 is 8.80. The molecule has 0 spiro atoms. The molecule has 2 nitrogen and oxygen atoms in total. The molecular formula is C15H8BrClFNO. The third kappa shape index (κ3) is 3.06. The van der Waals surface area contributed by atoms with Gasteiger partial charge in [-0.1, -0.05) is 23.7 Å². The zero-order valence-corrected chi connectivity index (χ0v) is 12.5. The Labute approximate surface area is 128 Å². The van der Waals surface area contributed by atoms with Gasteiger partial charge in [0.25, 0.3) is 0 Å². The maximum atomic E-state index is 13.2. The van der Waals surface area contributed by atoms with Crippen LogP contribution in [-0.4, -0.2) is 5.78 Å². The van der Waals surface area contributed by atoms with Crippen molar-refractivity contribution in [1.29, 1.82) is 5.26 Å². The average molecular weight is 353 g/mol. The zero-order chi connectivity index (χ0) is 14.7. The van der Waals surface area contributed by atoms with Gasteiger partial charge in [0.2, 0.25) is 0 Å². The van der Waals surface area contributed by atoms with Crippen LogP contribution in [0.3, 0.4) is 0 Å². The highest BCUT2D eigenvalue weighted by Gasteiger charge is 2.22. The molecule has 0 saturated carbocycles. The molecular weight excluding hydrogens is 345 g/mol. The SMILES string of the molecule is N#CC(C(=O)c1ccc(F)c(Br)c1)c1ccc(Cl)cc1. The van der Waals surface area contributed by atoms with E-state index in [0.29, 0.717) is 10.6 Å². The topological polar surface area (TPSA) is 40.9 Å². The molecule has 100 valence electrons. The van der Waals surface area contributed by atoms with Gasteiger partial charge in [-0.05, 0) is 51.8 Å². The highest BCUT2D eigenvalue weighted by molar-refractivity contribution is 9.10. The summed E-state index contributed by atoms with van der Waals surface area (Å²) in [6.45, 7) is 0. The van der Waals surface area contributed by atoms with Gasteiger partial charge >= 0.3 is 0 Å². The first-order chi connectivity index (χ1) is 9.52. The van der Waals surface area contributed by atoms with Crippen LogP contribution < -0.4 is 0 Å². The third-order valence-corrected chi connectivity index (χ3v) is 3.66. The second-order valence-electron chi connectivity index (χ2n) is 4.11. The predicted molar refractivity (Wildman–Crippen MR) is 78.2 cm³/mol. The lowest BCUT2D eigenvalue weighted by atomic mass is 9.92. The summed E-state index contributed by atoms with van der Waals surface area (Å²) in [4.78, 5) is 12.3. The Morgan fingerprint density at radius 3 is 2.45 bits per heavy atom. The highest BCUT2D eigenvalue weighted by atomic mass is 79.9. The Hall–Kier alpha value is -1.70. The van der Waals surface area contributed by atoms with Gasteiger partial charge in [0, 0.05) is 10.6 Å². The van der Waals surface area contributed by atoms with Crippen LogP contribution in [0, 0.1) is 17.1 Å². The number of ketones is 1. The number of halogens is 3. The number of benzene rings is 2. The third-order valence-electron chi connectivity index (χ3n) is 2.80. The summed E-state index contributed by atoms with van der Waals surface area (Å²) in [5.74, 6) is -1.78. The molecule has 0 bridgehead atoms. The van der Waals surface area contributed by atoms with Gasteiger partial charge in [0.1, 0.15) is 11.7 Å². The van der Waals surface area contributed by atoms with Crippen molar-refractivity contribution in [3.63, 3.8) is 0 Å². The van der Waals surface area contributed by atoms with Crippen LogP contribution >= 0.6 is 27.5 Å². The van der Waals surface area contributed by atoms with E-state index in [1.54, 1.807) is 24.3 Å². The lowest BCUT2D eigenvalue weighted by Crippen LogP contribution is -2.11. The van der Waals surface area contributed by atoms with Gasteiger partial charge in [-0.15, -0.1) is 0 Å². The van der Waals surface area contributed by atoms with Crippen molar-refractivity contribution < 1.29 is 9.18 Å². The normalized spacial score (nSPS) is 11.7. The van der Waals surface area contributed by atoms with Crippen molar-refractivity contribution in [1.82, 2.24) is 0 Å². The molecule has 0 amide bonds. The summed E-state index contributed by atoms with van der Waals surface area (Å²) in [6, 6.07) is 12.4. The highest BCUT2D eigenvalue weighted by Crippen LogP contribution is 2.24. The van der Waals surface area contributed by atoms with Crippen molar-refractivity contribution >= 4 is 33.3 Å². The molecule has 2 aromatic carbocycles. The van der Waals surface area contributed by atoms with E-state index in [9.17, 15) is 14.4 Å². The standard InChI is InChI=1S/C15H8BrClFNO/c16-13-7-10(3-6-14(13)18)15(20)12(8-19)9-1-4-11(17)5-2-9/h1-7,12H. The Balaban J connectivity index is 2.36. The molecule has 0 N–H and O–H groups in total. The summed E-state index contributed by atoms with van der Waals surface area (Å²) in [6.07, 6.45) is 0. The largest absolute Gasteiger partial charge is 0.292 e. The molecule has 0 fully saturated rings. The van der Waals surface area contributed by atoms with E-state index in [1.165, 1.54) is 18.2 Å². The number of Topliss-reactive ketones (excluding diaryl/α,β-unsaturated/α-hetero) is 1. The lowest BCUT2D eigenvalue weighted by Gasteiger charge is -2.09. The van der Waals surface area contributed by atoms with Crippen molar-refractivity contribution in [3.8, 4) is 6.07 Å². The van der Waals surface area contributed by atoms with Crippen LogP contribution in [0.5, 0.6) is 0 Å². The smallest absolute Gasteiger partial charge is 0.184 e. The van der Waals surface area contributed by atoms with Gasteiger partial charge in [-0.2, -0.15) is 5.26 Å². The monoisotopic (exact) mass is 351 g/mol. The maximum absolute atomic E-state index is 13.2. The summed E-state index contributed by atoms with van der Waals surface area (Å²) in [5.41, 5.74) is 0.835. The summed E-state index contributed by atoms with van der Waals surface area (Å²) < 4.78 is 13.4. The fraction of sp³-hybridized carbons (Fsp3) is 0.0667. The van der Waals surface area contributed by atoms with E-state index in [2.05, 4.69) is 15.9 Å². The zero-order valence-electron chi connectivity index (χ0n) is 10.1. The number of hydrogen-bond acceptors (Lipinski definition) is 2. The van der Waals surface area contributed by atoms with E-state index >= 15 is 0 Å². The van der Waals surface area contributed by atoms with Gasteiger partial charge in [0.15, 0.2) is 5.78 Å². The number of carbonyl (C=O) groups is 1. The minimum absolute atomic E-state index is 0.191. The Bertz CT molecular complexity index is 694. The van der Waals surface area contributed by atoms with Crippen molar-refractivity contribution in [2.45, 2.75) is 5.92 Å². The molecule has 0 aliphatic carbocycles. The van der Waals surface area contributed by atoms with Crippen LogP contribution in [0.2, 0.25) is 5.02 Å². The second kappa shape index (κ2) is 6.17. The van der Waals surface area contributed by atoms with Crippen LogP contribution in [0.1, 0.15) is 21.8 Å². The molecule has 0 heterocycles. The molecule has 0 aromatic heterocycles. The predicted octanol–water partition coefficient (Wildman–Crippen LogP) is 4.73. The maximum Gasteiger partial charge on any atom is 0.184 e. The first-order valence-electron chi connectivity index (χ1n) is 5.67. The molecule has 5 heteroatoms. The first kappa shape index (κ1) is 14.7. The molecule has 20 heavy (non-hydrogen) atoms. The molecule has 1 atom stereocenters. The molecule has 0 radical (unpaired) electrons. The van der Waals surface area contributed by atoms with Gasteiger partial charge < -0.3 is 0 Å². The van der Waals surface area contributed by atoms with E-state index in [4.69, 9.17) is 11.6 Å². The average Bonchev–Trinajstić information content (AvgIpc) is 2.44. The number of nitriles is 1. The molecule has 0 aliphatic rings. The molecule has 2 aromatic rings. The fourth-order valence-electron chi connectivity index (χ4n) is 1.76. The minimum atomic E-state index is -0.940. The van der Waals surface area contributed by atoms with Crippen molar-refractivity contribution in [2.24, 2.45) is 0 Å². The first-order valence-corrected chi connectivity index (χ1v) is 6.84. The van der Waals surface area contributed by atoms with Gasteiger partial charge in [-0.25, -0.2) is 4.39 Å². The number of nitrogens with zero attached hydrogens (tertiary/aromatic N) is 1. The number of rotatable bonds is 3. The molecule has 0 aliphatic heterocycles. The van der Waals surface area contributed by atoms with Crippen LogP contribution in [0.25, 0.3) is 0 Å². The summed E-state index contributed by atoms with van der Waals surface area (Å²) in [7, 11) is 0. The minimum Gasteiger partial charge on any atom is -0.292 e. The lowest BCUT2D eigenvalue weighted by molar-refractivity contribution is 0.0979. The van der Waals surface area contributed by atoms with E-state index in [0.717, 1.165) is 0 Å². The van der Waals surface area contributed by atoms with Crippen molar-refractivity contribution in [2.75, 3.05) is 0 Å². The second-order valence-corrected chi connectivity index (χ2v) is 5.40. The van der Waals surface area contributed by atoms with E-state index < -0.39 is 11.7 Å². The van der Waals surface area contributed by atoms with Crippen molar-refractivity contribution in [3.05, 3.63) is 68.9 Å². The van der Waals surface area contributed by atoms with Gasteiger partial charge in [0.05, 0.1) is 10.5 Å². The van der Waals surface area contributed by atoms with Crippen LogP contribution in [-0.2, 0) is 0 Å². The van der Waals surface area contributed by atoms with Crippen LogP contribution in [0.15, 0.2) is 46.9 Å². The Kier molecular flexibility index (Phi) is 4.53.